The van der Waals surface area contributed by atoms with Crippen LogP contribution in [0.5, 0.6) is 0 Å². The summed E-state index contributed by atoms with van der Waals surface area (Å²) in [6.07, 6.45) is 2.43. The molecule has 0 amide bonds. The van der Waals surface area contributed by atoms with Crippen molar-refractivity contribution in [2.75, 3.05) is 18.8 Å². The van der Waals surface area contributed by atoms with Gasteiger partial charge in [0.1, 0.15) is 0 Å². The Morgan fingerprint density at radius 3 is 2.87 bits per heavy atom. The first kappa shape index (κ1) is 12.6. The molecule has 0 aliphatic carbocycles. The SMILES string of the molecule is CCCNCCCSc1cc(C)nn1C. The third-order valence-corrected chi connectivity index (χ3v) is 3.30. The van der Waals surface area contributed by atoms with Crippen LogP contribution in [0.4, 0.5) is 0 Å². The molecule has 0 fully saturated rings. The van der Waals surface area contributed by atoms with Crippen LogP contribution >= 0.6 is 11.8 Å². The lowest BCUT2D eigenvalue weighted by Crippen LogP contribution is -2.16. The second-order valence-electron chi connectivity index (χ2n) is 3.70. The van der Waals surface area contributed by atoms with E-state index in [0.29, 0.717) is 0 Å². The van der Waals surface area contributed by atoms with Gasteiger partial charge in [-0.05, 0) is 38.9 Å². The van der Waals surface area contributed by atoms with Gasteiger partial charge in [-0.3, -0.25) is 4.68 Å². The molecule has 1 rings (SSSR count). The standard InChI is InChI=1S/C11H21N3S/c1-4-6-12-7-5-8-15-11-9-10(2)13-14(11)3/h9,12H,4-8H2,1-3H3. The lowest BCUT2D eigenvalue weighted by molar-refractivity contribution is 0.662. The van der Waals surface area contributed by atoms with E-state index in [2.05, 4.69) is 23.4 Å². The van der Waals surface area contributed by atoms with Crippen LogP contribution < -0.4 is 5.32 Å². The molecule has 1 aromatic rings. The van der Waals surface area contributed by atoms with Gasteiger partial charge in [-0.25, -0.2) is 0 Å². The van der Waals surface area contributed by atoms with Crippen molar-refractivity contribution in [3.05, 3.63) is 11.8 Å². The zero-order valence-corrected chi connectivity index (χ0v) is 10.7. The van der Waals surface area contributed by atoms with Gasteiger partial charge < -0.3 is 5.32 Å². The minimum Gasteiger partial charge on any atom is -0.317 e. The first-order valence-electron chi connectivity index (χ1n) is 5.58. The molecule has 3 nitrogen and oxygen atoms in total. The Morgan fingerprint density at radius 2 is 2.27 bits per heavy atom. The van der Waals surface area contributed by atoms with Crippen LogP contribution in [0, 0.1) is 6.92 Å². The molecule has 0 spiro atoms. The summed E-state index contributed by atoms with van der Waals surface area (Å²) >= 11 is 1.89. The van der Waals surface area contributed by atoms with E-state index in [1.807, 2.05) is 30.4 Å². The highest BCUT2D eigenvalue weighted by molar-refractivity contribution is 7.99. The van der Waals surface area contributed by atoms with Crippen molar-refractivity contribution >= 4 is 11.8 Å². The van der Waals surface area contributed by atoms with E-state index < -0.39 is 0 Å². The summed E-state index contributed by atoms with van der Waals surface area (Å²) in [4.78, 5) is 0. The summed E-state index contributed by atoms with van der Waals surface area (Å²) in [5.41, 5.74) is 1.10. The monoisotopic (exact) mass is 227 g/mol. The van der Waals surface area contributed by atoms with Crippen LogP contribution in [0.15, 0.2) is 11.1 Å². The van der Waals surface area contributed by atoms with Crippen LogP contribution in [-0.2, 0) is 7.05 Å². The quantitative estimate of drug-likeness (QED) is 0.572. The smallest absolute Gasteiger partial charge is 0.0939 e. The van der Waals surface area contributed by atoms with Gasteiger partial charge in [0.2, 0.25) is 0 Å². The number of nitrogens with zero attached hydrogens (tertiary/aromatic N) is 2. The number of nitrogens with one attached hydrogen (secondary N) is 1. The topological polar surface area (TPSA) is 29.9 Å². The average molecular weight is 227 g/mol. The highest BCUT2D eigenvalue weighted by atomic mass is 32.2. The van der Waals surface area contributed by atoms with Crippen molar-refractivity contribution in [2.45, 2.75) is 31.7 Å². The maximum Gasteiger partial charge on any atom is 0.0939 e. The Hall–Kier alpha value is -0.480. The summed E-state index contributed by atoms with van der Waals surface area (Å²) in [6, 6.07) is 2.14. The molecule has 0 saturated heterocycles. The Morgan fingerprint density at radius 1 is 1.47 bits per heavy atom. The van der Waals surface area contributed by atoms with Crippen molar-refractivity contribution in [1.29, 1.82) is 0 Å². The van der Waals surface area contributed by atoms with Crippen molar-refractivity contribution in [2.24, 2.45) is 7.05 Å². The largest absolute Gasteiger partial charge is 0.317 e. The van der Waals surface area contributed by atoms with Crippen LogP contribution in [0.2, 0.25) is 0 Å². The molecule has 4 heteroatoms. The number of aryl methyl sites for hydroxylation is 2. The van der Waals surface area contributed by atoms with Crippen molar-refractivity contribution < 1.29 is 0 Å². The summed E-state index contributed by atoms with van der Waals surface area (Å²) in [7, 11) is 2.00. The summed E-state index contributed by atoms with van der Waals surface area (Å²) in [5.74, 6) is 1.16. The normalized spacial score (nSPS) is 10.9. The van der Waals surface area contributed by atoms with Gasteiger partial charge in [0, 0.05) is 12.8 Å². The molecular formula is C11H21N3S. The molecule has 86 valence electrons. The third-order valence-electron chi connectivity index (χ3n) is 2.13. The minimum absolute atomic E-state index is 1.10. The van der Waals surface area contributed by atoms with Crippen molar-refractivity contribution in [1.82, 2.24) is 15.1 Å². The first-order chi connectivity index (χ1) is 7.24. The summed E-state index contributed by atoms with van der Waals surface area (Å²) in [5, 5.41) is 8.99. The van der Waals surface area contributed by atoms with E-state index in [1.165, 1.54) is 17.9 Å². The lowest BCUT2D eigenvalue weighted by atomic mass is 10.4. The van der Waals surface area contributed by atoms with Gasteiger partial charge in [-0.1, -0.05) is 6.92 Å². The first-order valence-corrected chi connectivity index (χ1v) is 6.56. The second kappa shape index (κ2) is 6.90. The number of aromatic nitrogens is 2. The fraction of sp³-hybridized carbons (Fsp3) is 0.727. The molecule has 0 aromatic carbocycles. The fourth-order valence-electron chi connectivity index (χ4n) is 1.40. The second-order valence-corrected chi connectivity index (χ2v) is 4.81. The van der Waals surface area contributed by atoms with E-state index in [9.17, 15) is 0 Å². The predicted molar refractivity (Wildman–Crippen MR) is 66.4 cm³/mol. The highest BCUT2D eigenvalue weighted by Crippen LogP contribution is 2.18. The molecule has 1 N–H and O–H groups in total. The minimum atomic E-state index is 1.10. The maximum atomic E-state index is 4.32. The Balaban J connectivity index is 2.12. The molecule has 0 saturated carbocycles. The summed E-state index contributed by atoms with van der Waals surface area (Å²) < 4.78 is 1.96. The Kier molecular flexibility index (Phi) is 5.79. The van der Waals surface area contributed by atoms with E-state index in [4.69, 9.17) is 0 Å². The van der Waals surface area contributed by atoms with Gasteiger partial charge in [-0.15, -0.1) is 11.8 Å². The molecule has 0 radical (unpaired) electrons. The molecule has 0 aliphatic rings. The molecular weight excluding hydrogens is 206 g/mol. The van der Waals surface area contributed by atoms with E-state index in [0.717, 1.165) is 24.5 Å². The van der Waals surface area contributed by atoms with Crippen LogP contribution in [-0.4, -0.2) is 28.6 Å². The van der Waals surface area contributed by atoms with Gasteiger partial charge in [0.15, 0.2) is 0 Å². The maximum absolute atomic E-state index is 4.32. The number of thioether (sulfide) groups is 1. The van der Waals surface area contributed by atoms with E-state index >= 15 is 0 Å². The van der Waals surface area contributed by atoms with Crippen molar-refractivity contribution in [3.8, 4) is 0 Å². The van der Waals surface area contributed by atoms with Crippen LogP contribution in [0.25, 0.3) is 0 Å². The van der Waals surface area contributed by atoms with Crippen LogP contribution in [0.1, 0.15) is 25.5 Å². The molecule has 0 bridgehead atoms. The Bertz CT molecular complexity index is 283. The molecule has 1 aromatic heterocycles. The molecule has 0 atom stereocenters. The number of rotatable bonds is 7. The zero-order chi connectivity index (χ0) is 11.1. The molecule has 0 aliphatic heterocycles. The highest BCUT2D eigenvalue weighted by Gasteiger charge is 2.01. The van der Waals surface area contributed by atoms with Gasteiger partial charge >= 0.3 is 0 Å². The average Bonchev–Trinajstić information content (AvgIpc) is 2.51. The lowest BCUT2D eigenvalue weighted by Gasteiger charge is -2.03. The van der Waals surface area contributed by atoms with Gasteiger partial charge in [0.05, 0.1) is 10.7 Å². The van der Waals surface area contributed by atoms with E-state index in [-0.39, 0.29) is 0 Å². The van der Waals surface area contributed by atoms with Gasteiger partial charge in [-0.2, -0.15) is 5.10 Å². The third kappa shape index (κ3) is 4.71. The fourth-order valence-corrected chi connectivity index (χ4v) is 2.38. The van der Waals surface area contributed by atoms with Crippen molar-refractivity contribution in [3.63, 3.8) is 0 Å². The zero-order valence-electron chi connectivity index (χ0n) is 9.92. The predicted octanol–water partition coefficient (Wildman–Crippen LogP) is 2.21. The number of hydrogen-bond acceptors (Lipinski definition) is 3. The molecule has 0 unspecified atom stereocenters. The Labute approximate surface area is 96.6 Å². The molecule has 15 heavy (non-hydrogen) atoms. The number of hydrogen-bond donors (Lipinski definition) is 1. The summed E-state index contributed by atoms with van der Waals surface area (Å²) in [6.45, 7) is 6.49. The van der Waals surface area contributed by atoms with Gasteiger partial charge in [0.25, 0.3) is 0 Å². The van der Waals surface area contributed by atoms with Crippen LogP contribution in [0.3, 0.4) is 0 Å². The molecule has 1 heterocycles. The van der Waals surface area contributed by atoms with E-state index in [1.54, 1.807) is 0 Å².